The molecule has 1 heterocycles. The summed E-state index contributed by atoms with van der Waals surface area (Å²) in [4.78, 5) is 36.6. The van der Waals surface area contributed by atoms with Gasteiger partial charge in [-0.15, -0.1) is 0 Å². The molecule has 0 aliphatic carbocycles. The Bertz CT molecular complexity index is 544. The van der Waals surface area contributed by atoms with Crippen molar-refractivity contribution in [2.24, 2.45) is 5.92 Å². The quantitative estimate of drug-likeness (QED) is 0.474. The minimum atomic E-state index is -0.926. The Morgan fingerprint density at radius 2 is 1.60 bits per heavy atom. The molecular formula is C15H15NO4. The largest absolute Gasteiger partial charge is 0.425 e. The molecule has 0 saturated heterocycles. The molecule has 20 heavy (non-hydrogen) atoms. The van der Waals surface area contributed by atoms with Gasteiger partial charge in [0.2, 0.25) is 0 Å². The molecule has 0 aromatic heterocycles. The second kappa shape index (κ2) is 5.69. The lowest BCUT2D eigenvalue weighted by molar-refractivity contribution is -0.153. The molecule has 1 aliphatic heterocycles. The second-order valence-electron chi connectivity index (χ2n) is 4.80. The number of esters is 1. The van der Waals surface area contributed by atoms with Gasteiger partial charge in [-0.1, -0.05) is 32.0 Å². The summed E-state index contributed by atoms with van der Waals surface area (Å²) in [5.41, 5.74) is 0. The van der Waals surface area contributed by atoms with Gasteiger partial charge < -0.3 is 4.74 Å². The Balaban J connectivity index is 2.19. The van der Waals surface area contributed by atoms with Crippen molar-refractivity contribution in [3.8, 4) is 5.75 Å². The van der Waals surface area contributed by atoms with E-state index in [1.165, 1.54) is 0 Å². The number of nitrogens with zero attached hydrogens (tertiary/aromatic N) is 1. The maximum Gasteiger partial charge on any atom is 0.335 e. The summed E-state index contributed by atoms with van der Waals surface area (Å²) in [7, 11) is 0. The van der Waals surface area contributed by atoms with Gasteiger partial charge >= 0.3 is 5.97 Å². The summed E-state index contributed by atoms with van der Waals surface area (Å²) in [6.07, 6.45) is 2.32. The molecule has 5 nitrogen and oxygen atoms in total. The zero-order chi connectivity index (χ0) is 14.7. The van der Waals surface area contributed by atoms with Crippen LogP contribution >= 0.6 is 0 Å². The zero-order valence-electron chi connectivity index (χ0n) is 11.3. The minimum absolute atomic E-state index is 0.237. The van der Waals surface area contributed by atoms with Gasteiger partial charge in [0.25, 0.3) is 11.8 Å². The lowest BCUT2D eigenvalue weighted by Gasteiger charge is -2.27. The third-order valence-corrected chi connectivity index (χ3v) is 2.96. The van der Waals surface area contributed by atoms with E-state index in [4.69, 9.17) is 4.74 Å². The van der Waals surface area contributed by atoms with Crippen LogP contribution in [-0.2, 0) is 14.4 Å². The van der Waals surface area contributed by atoms with Crippen molar-refractivity contribution < 1.29 is 19.1 Å². The van der Waals surface area contributed by atoms with Gasteiger partial charge in [-0.05, 0) is 18.1 Å². The van der Waals surface area contributed by atoms with Crippen LogP contribution in [0.25, 0.3) is 0 Å². The Hall–Kier alpha value is -2.43. The van der Waals surface area contributed by atoms with E-state index in [0.717, 1.165) is 17.1 Å². The van der Waals surface area contributed by atoms with Gasteiger partial charge in [0, 0.05) is 12.2 Å². The molecule has 0 bridgehead atoms. The highest BCUT2D eigenvalue weighted by Crippen LogP contribution is 2.19. The van der Waals surface area contributed by atoms with Crippen molar-refractivity contribution in [2.75, 3.05) is 0 Å². The first-order chi connectivity index (χ1) is 9.50. The van der Waals surface area contributed by atoms with Crippen LogP contribution in [0, 0.1) is 5.92 Å². The Kier molecular flexibility index (Phi) is 3.98. The minimum Gasteiger partial charge on any atom is -0.425 e. The third kappa shape index (κ3) is 2.77. The van der Waals surface area contributed by atoms with Crippen molar-refractivity contribution in [1.29, 1.82) is 0 Å². The van der Waals surface area contributed by atoms with E-state index < -0.39 is 23.8 Å². The third-order valence-electron chi connectivity index (χ3n) is 2.96. The number of hydrogen-bond donors (Lipinski definition) is 0. The summed E-state index contributed by atoms with van der Waals surface area (Å²) in [6.45, 7) is 3.52. The maximum absolute atomic E-state index is 12.2. The average Bonchev–Trinajstić information content (AvgIpc) is 2.72. The summed E-state index contributed by atoms with van der Waals surface area (Å²) < 4.78 is 5.23. The summed E-state index contributed by atoms with van der Waals surface area (Å²) >= 11 is 0. The van der Waals surface area contributed by atoms with Crippen molar-refractivity contribution in [2.45, 2.75) is 19.9 Å². The van der Waals surface area contributed by atoms with Gasteiger partial charge in [0.1, 0.15) is 11.8 Å². The first-order valence-electron chi connectivity index (χ1n) is 6.32. The van der Waals surface area contributed by atoms with E-state index in [-0.39, 0.29) is 5.92 Å². The number of carbonyl (C=O) groups is 3. The molecule has 104 valence electrons. The zero-order valence-corrected chi connectivity index (χ0v) is 11.3. The van der Waals surface area contributed by atoms with Crippen molar-refractivity contribution in [3.63, 3.8) is 0 Å². The maximum atomic E-state index is 12.2. The molecule has 5 heteroatoms. The average molecular weight is 273 g/mol. The molecule has 2 amide bonds. The molecule has 1 aromatic rings. The molecule has 0 fully saturated rings. The smallest absolute Gasteiger partial charge is 0.335 e. The highest BCUT2D eigenvalue weighted by molar-refractivity contribution is 6.14. The number of hydrogen-bond acceptors (Lipinski definition) is 4. The molecule has 0 saturated carbocycles. The van der Waals surface area contributed by atoms with Crippen LogP contribution < -0.4 is 4.74 Å². The highest BCUT2D eigenvalue weighted by atomic mass is 16.5. The number of imide groups is 1. The lowest BCUT2D eigenvalue weighted by atomic mass is 10.0. The number of ether oxygens (including phenoxy) is 1. The van der Waals surface area contributed by atoms with E-state index in [9.17, 15) is 14.4 Å². The lowest BCUT2D eigenvalue weighted by Crippen LogP contribution is -2.49. The van der Waals surface area contributed by atoms with Crippen LogP contribution in [0.4, 0.5) is 0 Å². The summed E-state index contributed by atoms with van der Waals surface area (Å²) in [6, 6.07) is 7.63. The molecule has 1 aromatic carbocycles. The van der Waals surface area contributed by atoms with Crippen molar-refractivity contribution >= 4 is 17.8 Å². The number of amides is 2. The monoisotopic (exact) mass is 273 g/mol. The van der Waals surface area contributed by atoms with Gasteiger partial charge in [-0.3, -0.25) is 14.5 Å². The number of carbonyl (C=O) groups excluding carboxylic acids is 3. The first-order valence-corrected chi connectivity index (χ1v) is 6.32. The fourth-order valence-electron chi connectivity index (χ4n) is 2.03. The van der Waals surface area contributed by atoms with Gasteiger partial charge in [-0.25, -0.2) is 4.79 Å². The molecule has 2 rings (SSSR count). The van der Waals surface area contributed by atoms with Crippen molar-refractivity contribution in [1.82, 2.24) is 4.90 Å². The second-order valence-corrected chi connectivity index (χ2v) is 4.80. The SMILES string of the molecule is CC(C)[C@@H](C(=O)Oc1ccccc1)N1C(=O)C=CC1=O. The molecule has 0 radical (unpaired) electrons. The van der Waals surface area contributed by atoms with E-state index >= 15 is 0 Å². The van der Waals surface area contributed by atoms with Crippen LogP contribution in [0.15, 0.2) is 42.5 Å². The van der Waals surface area contributed by atoms with Crippen LogP contribution in [0.2, 0.25) is 0 Å². The molecule has 0 spiro atoms. The van der Waals surface area contributed by atoms with Gasteiger partial charge in [0.15, 0.2) is 0 Å². The Morgan fingerprint density at radius 3 is 2.10 bits per heavy atom. The molecule has 0 unspecified atom stereocenters. The first kappa shape index (κ1) is 14.0. The number of para-hydroxylation sites is 1. The van der Waals surface area contributed by atoms with Crippen LogP contribution in [0.3, 0.4) is 0 Å². The summed E-state index contributed by atoms with van der Waals surface area (Å²) in [5, 5.41) is 0. The predicted molar refractivity (Wildman–Crippen MR) is 71.7 cm³/mol. The fraction of sp³-hybridized carbons (Fsp3) is 0.267. The van der Waals surface area contributed by atoms with Crippen molar-refractivity contribution in [3.05, 3.63) is 42.5 Å². The van der Waals surface area contributed by atoms with E-state index in [1.54, 1.807) is 44.2 Å². The fourth-order valence-corrected chi connectivity index (χ4v) is 2.03. The van der Waals surface area contributed by atoms with E-state index in [1.807, 2.05) is 0 Å². The van der Waals surface area contributed by atoms with Gasteiger partial charge in [0.05, 0.1) is 0 Å². The standard InChI is InChI=1S/C15H15NO4/c1-10(2)14(16-12(17)8-9-13(16)18)15(19)20-11-6-4-3-5-7-11/h3-10,14H,1-2H3/t14-/m0/s1. The number of benzene rings is 1. The Labute approximate surface area is 116 Å². The Morgan fingerprint density at radius 1 is 1.05 bits per heavy atom. The number of rotatable bonds is 4. The predicted octanol–water partition coefficient (Wildman–Crippen LogP) is 1.54. The van der Waals surface area contributed by atoms with Crippen LogP contribution in [-0.4, -0.2) is 28.7 Å². The topological polar surface area (TPSA) is 63.7 Å². The van der Waals surface area contributed by atoms with Crippen LogP contribution in [0.1, 0.15) is 13.8 Å². The van der Waals surface area contributed by atoms with Crippen LogP contribution in [0.5, 0.6) is 5.75 Å². The van der Waals surface area contributed by atoms with E-state index in [2.05, 4.69) is 0 Å². The highest BCUT2D eigenvalue weighted by Gasteiger charge is 2.39. The normalized spacial score (nSPS) is 15.8. The molecular weight excluding hydrogens is 258 g/mol. The van der Waals surface area contributed by atoms with E-state index in [0.29, 0.717) is 5.75 Å². The molecule has 1 atom stereocenters. The van der Waals surface area contributed by atoms with Gasteiger partial charge in [-0.2, -0.15) is 0 Å². The summed E-state index contributed by atoms with van der Waals surface area (Å²) in [5.74, 6) is -1.44. The molecule has 0 N–H and O–H groups in total. The molecule has 1 aliphatic rings.